The van der Waals surface area contributed by atoms with Crippen LogP contribution in [0, 0.1) is 10.1 Å². The van der Waals surface area contributed by atoms with E-state index in [1.807, 2.05) is 0 Å². The number of hydrogen-bond acceptors (Lipinski definition) is 9. The van der Waals surface area contributed by atoms with Crippen LogP contribution in [0.15, 0.2) is 33.8 Å². The van der Waals surface area contributed by atoms with Crippen LogP contribution in [0.4, 0.5) is 10.9 Å². The molecule has 1 N–H and O–H groups in total. The van der Waals surface area contributed by atoms with Crippen LogP contribution >= 0.6 is 23.1 Å². The Balaban J connectivity index is 1.51. The Morgan fingerprint density at radius 3 is 3.20 bits per heavy atom. The normalized spacial score (nSPS) is 17.2. The van der Waals surface area contributed by atoms with Gasteiger partial charge in [0.15, 0.2) is 4.34 Å². The Hall–Kier alpha value is -2.24. The fraction of sp³-hybridized carbons (Fsp3) is 0.357. The fourth-order valence-electron chi connectivity index (χ4n) is 2.61. The molecular weight excluding hydrogens is 364 g/mol. The lowest BCUT2D eigenvalue weighted by atomic mass is 10.2. The molecule has 0 saturated carbocycles. The lowest BCUT2D eigenvalue weighted by Crippen LogP contribution is -2.18. The van der Waals surface area contributed by atoms with Crippen LogP contribution < -0.4 is 5.32 Å². The highest BCUT2D eigenvalue weighted by Gasteiger charge is 2.24. The molecule has 0 radical (unpaired) electrons. The Kier molecular flexibility index (Phi) is 4.51. The number of nitro groups is 1. The first-order valence-corrected chi connectivity index (χ1v) is 9.32. The van der Waals surface area contributed by atoms with Crippen LogP contribution in [0.2, 0.25) is 0 Å². The van der Waals surface area contributed by atoms with Crippen molar-refractivity contribution in [2.45, 2.75) is 28.3 Å². The minimum absolute atomic E-state index is 0.0651. The molecule has 130 valence electrons. The number of pyridine rings is 1. The summed E-state index contributed by atoms with van der Waals surface area (Å²) in [4.78, 5) is 15.3. The second kappa shape index (κ2) is 6.94. The Labute approximate surface area is 150 Å². The van der Waals surface area contributed by atoms with E-state index in [-0.39, 0.29) is 11.9 Å². The highest BCUT2D eigenvalue weighted by Crippen LogP contribution is 2.37. The van der Waals surface area contributed by atoms with Crippen LogP contribution in [0.5, 0.6) is 0 Å². The molecular formula is C14H14N6O3S2. The molecule has 1 fully saturated rings. The maximum Gasteiger partial charge on any atom is 0.362 e. The molecule has 0 spiro atoms. The first-order valence-electron chi connectivity index (χ1n) is 7.69. The summed E-state index contributed by atoms with van der Waals surface area (Å²) in [5, 5.41) is 23.8. The van der Waals surface area contributed by atoms with Crippen molar-refractivity contribution >= 4 is 39.7 Å². The van der Waals surface area contributed by atoms with Crippen molar-refractivity contribution in [3.63, 3.8) is 0 Å². The van der Waals surface area contributed by atoms with Crippen molar-refractivity contribution in [1.29, 1.82) is 0 Å². The lowest BCUT2D eigenvalue weighted by molar-refractivity contribution is -0.393. The zero-order valence-electron chi connectivity index (χ0n) is 13.0. The molecule has 9 nitrogen and oxygen atoms in total. The van der Waals surface area contributed by atoms with Crippen LogP contribution in [-0.4, -0.2) is 43.8 Å². The van der Waals surface area contributed by atoms with Gasteiger partial charge in [-0.3, -0.25) is 0 Å². The summed E-state index contributed by atoms with van der Waals surface area (Å²) < 4.78 is 7.61. The van der Waals surface area contributed by atoms with Gasteiger partial charge in [-0.2, -0.15) is 9.38 Å². The number of fused-ring (bicyclic) bond motifs is 1. The molecule has 1 aliphatic heterocycles. The van der Waals surface area contributed by atoms with Gasteiger partial charge in [-0.1, -0.05) is 17.4 Å². The standard InChI is InChI=1S/C14H14N6O3S2/c21-20(22)12-11(16-10-5-1-2-6-19(10)12)24-14-18-17-13(25-14)15-8-9-4-3-7-23-9/h1-2,5-6,9H,3-4,7-8H2,(H,15,17)/t9-/m0/s1. The molecule has 11 heteroatoms. The summed E-state index contributed by atoms with van der Waals surface area (Å²) in [6.07, 6.45) is 3.96. The summed E-state index contributed by atoms with van der Waals surface area (Å²) in [6.45, 7) is 1.49. The predicted octanol–water partition coefficient (Wildman–Crippen LogP) is 2.84. The smallest absolute Gasteiger partial charge is 0.362 e. The third-order valence-corrected chi connectivity index (χ3v) is 5.64. The maximum absolute atomic E-state index is 11.4. The van der Waals surface area contributed by atoms with Gasteiger partial charge >= 0.3 is 5.82 Å². The maximum atomic E-state index is 11.4. The van der Waals surface area contributed by atoms with Crippen molar-refractivity contribution in [1.82, 2.24) is 19.6 Å². The zero-order chi connectivity index (χ0) is 17.2. The number of ether oxygens (including phenoxy) is 1. The average molecular weight is 378 g/mol. The van der Waals surface area contributed by atoms with E-state index in [1.54, 1.807) is 24.4 Å². The first kappa shape index (κ1) is 16.2. The minimum atomic E-state index is -0.431. The minimum Gasteiger partial charge on any atom is -0.376 e. The first-order chi connectivity index (χ1) is 12.2. The van der Waals surface area contributed by atoms with E-state index in [0.29, 0.717) is 26.7 Å². The van der Waals surface area contributed by atoms with Gasteiger partial charge in [-0.05, 0) is 35.6 Å². The van der Waals surface area contributed by atoms with Crippen LogP contribution in [0.25, 0.3) is 5.65 Å². The number of nitrogens with zero attached hydrogens (tertiary/aromatic N) is 5. The molecule has 4 heterocycles. The highest BCUT2D eigenvalue weighted by molar-refractivity contribution is 8.01. The van der Waals surface area contributed by atoms with Crippen LogP contribution in [-0.2, 0) is 4.74 Å². The van der Waals surface area contributed by atoms with Crippen LogP contribution in [0.3, 0.4) is 0 Å². The van der Waals surface area contributed by atoms with Crippen molar-refractivity contribution in [2.75, 3.05) is 18.5 Å². The lowest BCUT2D eigenvalue weighted by Gasteiger charge is -2.08. The summed E-state index contributed by atoms with van der Waals surface area (Å²) in [5.74, 6) is -0.0651. The molecule has 0 unspecified atom stereocenters. The Morgan fingerprint density at radius 2 is 2.40 bits per heavy atom. The number of rotatable bonds is 6. The van der Waals surface area contributed by atoms with Crippen molar-refractivity contribution < 1.29 is 9.66 Å². The van der Waals surface area contributed by atoms with Gasteiger partial charge in [0.25, 0.3) is 0 Å². The number of nitrogens with one attached hydrogen (secondary N) is 1. The van der Waals surface area contributed by atoms with Gasteiger partial charge in [0, 0.05) is 19.2 Å². The van der Waals surface area contributed by atoms with E-state index in [4.69, 9.17) is 4.74 Å². The van der Waals surface area contributed by atoms with Gasteiger partial charge in [0.05, 0.1) is 12.3 Å². The Morgan fingerprint density at radius 1 is 1.48 bits per heavy atom. The molecule has 4 rings (SSSR count). The van der Waals surface area contributed by atoms with Gasteiger partial charge in [0.2, 0.25) is 15.8 Å². The molecule has 1 atom stereocenters. The monoisotopic (exact) mass is 378 g/mol. The van der Waals surface area contributed by atoms with Gasteiger partial charge < -0.3 is 20.2 Å². The molecule has 0 bridgehead atoms. The van der Waals surface area contributed by atoms with E-state index in [2.05, 4.69) is 20.5 Å². The second-order valence-corrected chi connectivity index (χ2v) is 7.63. The van der Waals surface area contributed by atoms with E-state index in [1.165, 1.54) is 15.7 Å². The highest BCUT2D eigenvalue weighted by atomic mass is 32.2. The summed E-state index contributed by atoms with van der Waals surface area (Å²) in [6, 6.07) is 5.25. The van der Waals surface area contributed by atoms with Crippen molar-refractivity contribution in [3.8, 4) is 0 Å². The molecule has 0 aromatic carbocycles. The van der Waals surface area contributed by atoms with Gasteiger partial charge in [0.1, 0.15) is 0 Å². The molecule has 0 amide bonds. The second-order valence-electron chi connectivity index (χ2n) is 5.42. The van der Waals surface area contributed by atoms with Crippen LogP contribution in [0.1, 0.15) is 12.8 Å². The molecule has 3 aromatic heterocycles. The summed E-state index contributed by atoms with van der Waals surface area (Å²) >= 11 is 2.49. The number of aromatic nitrogens is 4. The van der Waals surface area contributed by atoms with E-state index in [9.17, 15) is 10.1 Å². The molecule has 0 aliphatic carbocycles. The number of imidazole rings is 1. The van der Waals surface area contributed by atoms with Crippen molar-refractivity contribution in [3.05, 3.63) is 34.5 Å². The SMILES string of the molecule is O=[N+]([O-])c1c(Sc2nnc(NC[C@@H]3CCCO3)s2)nc2ccccn12. The van der Waals surface area contributed by atoms with E-state index < -0.39 is 4.92 Å². The van der Waals surface area contributed by atoms with E-state index in [0.717, 1.165) is 31.2 Å². The molecule has 1 saturated heterocycles. The fourth-order valence-corrected chi connectivity index (χ4v) is 4.38. The predicted molar refractivity (Wildman–Crippen MR) is 93.3 cm³/mol. The summed E-state index contributed by atoms with van der Waals surface area (Å²) in [5.41, 5.74) is 0.526. The number of anilines is 1. The molecule has 3 aromatic rings. The molecule has 1 aliphatic rings. The van der Waals surface area contributed by atoms with Crippen molar-refractivity contribution in [2.24, 2.45) is 0 Å². The quantitative estimate of drug-likeness (QED) is 0.515. The van der Waals surface area contributed by atoms with E-state index >= 15 is 0 Å². The average Bonchev–Trinajstić information content (AvgIpc) is 3.32. The third kappa shape index (κ3) is 3.43. The summed E-state index contributed by atoms with van der Waals surface area (Å²) in [7, 11) is 0. The van der Waals surface area contributed by atoms with Gasteiger partial charge in [-0.25, -0.2) is 0 Å². The third-order valence-electron chi connectivity index (χ3n) is 3.74. The largest absolute Gasteiger partial charge is 0.376 e. The number of hydrogen-bond donors (Lipinski definition) is 1. The van der Waals surface area contributed by atoms with Gasteiger partial charge in [-0.15, -0.1) is 10.2 Å². The zero-order valence-corrected chi connectivity index (χ0v) is 14.6. The topological polar surface area (TPSA) is 107 Å². The Bertz CT molecular complexity index is 905. The molecule has 25 heavy (non-hydrogen) atoms.